The highest BCUT2D eigenvalue weighted by Gasteiger charge is 2.20. The van der Waals surface area contributed by atoms with Crippen molar-refractivity contribution in [2.75, 3.05) is 7.11 Å². The van der Waals surface area contributed by atoms with Crippen molar-refractivity contribution in [1.82, 2.24) is 19.3 Å². The van der Waals surface area contributed by atoms with Gasteiger partial charge in [-0.05, 0) is 77.8 Å². The van der Waals surface area contributed by atoms with Crippen LogP contribution in [0, 0.1) is 0 Å². The van der Waals surface area contributed by atoms with E-state index in [2.05, 4.69) is 99.1 Å². The van der Waals surface area contributed by atoms with Crippen molar-refractivity contribution in [2.24, 2.45) is 0 Å². The molecule has 0 aliphatic rings. The zero-order valence-corrected chi connectivity index (χ0v) is 29.1. The van der Waals surface area contributed by atoms with Gasteiger partial charge in [-0.15, -0.1) is 0 Å². The van der Waals surface area contributed by atoms with E-state index in [0.29, 0.717) is 11.8 Å². The van der Waals surface area contributed by atoms with Gasteiger partial charge in [-0.2, -0.15) is 5.10 Å². The smallest absolute Gasteiger partial charge is 0.141 e. The minimum atomic E-state index is 0.476. The van der Waals surface area contributed by atoms with E-state index >= 15 is 0 Å². The molecule has 3 heterocycles. The molecular weight excluding hydrogens is 604 g/mol. The number of benzene rings is 4. The van der Waals surface area contributed by atoms with Gasteiger partial charge in [0.1, 0.15) is 23.1 Å². The van der Waals surface area contributed by atoms with Crippen LogP contribution in [0.5, 0.6) is 17.2 Å². The fourth-order valence-corrected chi connectivity index (χ4v) is 7.25. The summed E-state index contributed by atoms with van der Waals surface area (Å²) in [4.78, 5) is 4.69. The number of ether oxygens (including phenoxy) is 2. The number of pyridine rings is 1. The number of aromatic nitrogens is 4. The molecule has 248 valence electrons. The third-order valence-electron chi connectivity index (χ3n) is 9.65. The van der Waals surface area contributed by atoms with Gasteiger partial charge in [-0.1, -0.05) is 83.0 Å². The fourth-order valence-electron chi connectivity index (χ4n) is 7.25. The van der Waals surface area contributed by atoms with E-state index in [0.717, 1.165) is 81.8 Å². The molecule has 0 spiro atoms. The van der Waals surface area contributed by atoms with E-state index in [1.807, 2.05) is 47.3 Å². The van der Waals surface area contributed by atoms with Crippen LogP contribution in [0.25, 0.3) is 44.4 Å². The monoisotopic (exact) mass is 648 g/mol. The maximum Gasteiger partial charge on any atom is 0.141 e. The Bertz CT molecular complexity index is 2200. The molecule has 6 nitrogen and oxygen atoms in total. The van der Waals surface area contributed by atoms with Crippen LogP contribution in [-0.4, -0.2) is 26.4 Å². The third-order valence-corrected chi connectivity index (χ3v) is 9.65. The average molecular weight is 649 g/mol. The molecule has 0 amide bonds. The summed E-state index contributed by atoms with van der Waals surface area (Å²) >= 11 is 0. The maximum atomic E-state index is 6.53. The minimum absolute atomic E-state index is 0.476. The lowest BCUT2D eigenvalue weighted by Crippen LogP contribution is -2.03. The van der Waals surface area contributed by atoms with Crippen LogP contribution in [-0.2, 0) is 0 Å². The molecule has 0 saturated carbocycles. The van der Waals surface area contributed by atoms with E-state index in [4.69, 9.17) is 19.6 Å². The number of fused-ring (bicyclic) bond motifs is 3. The van der Waals surface area contributed by atoms with Crippen LogP contribution in [0.4, 0.5) is 0 Å². The molecule has 0 bridgehead atoms. The van der Waals surface area contributed by atoms with Crippen LogP contribution >= 0.6 is 0 Å². The largest absolute Gasteiger partial charge is 0.497 e. The first-order chi connectivity index (χ1) is 24.0. The molecule has 2 atom stereocenters. The Balaban J connectivity index is 1.23. The van der Waals surface area contributed by atoms with Crippen LogP contribution < -0.4 is 9.47 Å². The topological polar surface area (TPSA) is 54.1 Å². The van der Waals surface area contributed by atoms with Crippen molar-refractivity contribution < 1.29 is 9.47 Å². The highest BCUT2D eigenvalue weighted by Crippen LogP contribution is 2.40. The lowest BCUT2D eigenvalue weighted by atomic mass is 9.82. The number of hydrogen-bond acceptors (Lipinski definition) is 4. The van der Waals surface area contributed by atoms with Crippen molar-refractivity contribution in [3.63, 3.8) is 0 Å². The van der Waals surface area contributed by atoms with Crippen LogP contribution in [0.3, 0.4) is 0 Å². The first-order valence-corrected chi connectivity index (χ1v) is 17.5. The summed E-state index contributed by atoms with van der Waals surface area (Å²) in [5.74, 6) is 3.98. The van der Waals surface area contributed by atoms with Crippen LogP contribution in [0.1, 0.15) is 76.3 Å². The summed E-state index contributed by atoms with van der Waals surface area (Å²) < 4.78 is 16.2. The Morgan fingerprint density at radius 2 is 1.41 bits per heavy atom. The first-order valence-electron chi connectivity index (χ1n) is 17.5. The maximum absolute atomic E-state index is 6.53. The van der Waals surface area contributed by atoms with E-state index in [1.165, 1.54) is 16.7 Å². The summed E-state index contributed by atoms with van der Waals surface area (Å²) in [6.45, 7) is 9.24. The Kier molecular flexibility index (Phi) is 9.21. The predicted molar refractivity (Wildman–Crippen MR) is 201 cm³/mol. The normalized spacial score (nSPS) is 12.8. The molecule has 49 heavy (non-hydrogen) atoms. The Labute approximate surface area is 289 Å². The summed E-state index contributed by atoms with van der Waals surface area (Å²) in [5, 5.41) is 7.16. The molecule has 0 saturated heterocycles. The number of para-hydroxylation sites is 1. The molecule has 0 aliphatic heterocycles. The lowest BCUT2D eigenvalue weighted by Gasteiger charge is -2.22. The van der Waals surface area contributed by atoms with Crippen molar-refractivity contribution in [1.29, 1.82) is 0 Å². The van der Waals surface area contributed by atoms with Crippen LogP contribution in [0.15, 0.2) is 116 Å². The standard InChI is InChI=1S/C43H44N4O2/c1-6-12-29(3)36-17-11-18-37(30(4)13-7-2)43(36)31-27-45-46(28-31)32-14-10-15-34(24-32)49-35-20-21-39-38-16-8-9-19-40(38)47(41(39)25-35)42-26-33(48-5)22-23-44-42/h8-11,14-30H,6-7,12-13H2,1-5H3/t29-,30?/m1/s1. The third kappa shape index (κ3) is 6.31. The average Bonchev–Trinajstić information content (AvgIpc) is 3.75. The molecule has 7 aromatic rings. The van der Waals surface area contributed by atoms with Gasteiger partial charge in [0.2, 0.25) is 0 Å². The highest BCUT2D eigenvalue weighted by atomic mass is 16.5. The van der Waals surface area contributed by atoms with Gasteiger partial charge in [0, 0.05) is 46.9 Å². The van der Waals surface area contributed by atoms with Crippen molar-refractivity contribution >= 4 is 21.8 Å². The van der Waals surface area contributed by atoms with Crippen molar-refractivity contribution in [3.05, 3.63) is 127 Å². The second kappa shape index (κ2) is 14.0. The van der Waals surface area contributed by atoms with E-state index in [9.17, 15) is 0 Å². The summed E-state index contributed by atoms with van der Waals surface area (Å²) in [6, 6.07) is 33.4. The lowest BCUT2D eigenvalue weighted by molar-refractivity contribution is 0.414. The Morgan fingerprint density at radius 1 is 0.694 bits per heavy atom. The molecule has 7 rings (SSSR count). The van der Waals surface area contributed by atoms with Crippen molar-refractivity contribution in [3.8, 4) is 39.9 Å². The highest BCUT2D eigenvalue weighted by molar-refractivity contribution is 6.09. The molecule has 0 radical (unpaired) electrons. The van der Waals surface area contributed by atoms with Gasteiger partial charge < -0.3 is 9.47 Å². The van der Waals surface area contributed by atoms with Crippen LogP contribution in [0.2, 0.25) is 0 Å². The summed E-state index contributed by atoms with van der Waals surface area (Å²) in [5.41, 5.74) is 8.36. The minimum Gasteiger partial charge on any atom is -0.497 e. The van der Waals surface area contributed by atoms with E-state index in [1.54, 1.807) is 13.3 Å². The molecule has 6 heteroatoms. The molecule has 3 aromatic heterocycles. The number of rotatable bonds is 12. The zero-order chi connectivity index (χ0) is 33.9. The van der Waals surface area contributed by atoms with Gasteiger partial charge >= 0.3 is 0 Å². The van der Waals surface area contributed by atoms with E-state index < -0.39 is 0 Å². The SMILES string of the molecule is CCCC(C)c1cccc([C@H](C)CCC)c1-c1cnn(-c2cccc(Oc3ccc4c5ccccc5n(-c5cc(OC)ccn5)c4c3)c2)c1. The number of hydrogen-bond donors (Lipinski definition) is 0. The van der Waals surface area contributed by atoms with Gasteiger partial charge in [0.25, 0.3) is 0 Å². The zero-order valence-electron chi connectivity index (χ0n) is 29.1. The molecule has 0 aliphatic carbocycles. The molecule has 0 fully saturated rings. The van der Waals surface area contributed by atoms with Gasteiger partial charge in [0.15, 0.2) is 0 Å². The molecule has 1 unspecified atom stereocenters. The Hall–Kier alpha value is -5.36. The molecule has 0 N–H and O–H groups in total. The second-order valence-electron chi connectivity index (χ2n) is 13.0. The predicted octanol–water partition coefficient (Wildman–Crippen LogP) is 11.6. The quantitative estimate of drug-likeness (QED) is 0.132. The molecular formula is C43H44N4O2. The summed E-state index contributed by atoms with van der Waals surface area (Å²) in [6.07, 6.45) is 10.6. The van der Waals surface area contributed by atoms with Gasteiger partial charge in [-0.25, -0.2) is 9.67 Å². The fraction of sp³-hybridized carbons (Fsp3) is 0.256. The van der Waals surface area contributed by atoms with Gasteiger partial charge in [0.05, 0.1) is 30.0 Å². The number of methoxy groups -OCH3 is 1. The van der Waals surface area contributed by atoms with Crippen molar-refractivity contribution in [2.45, 2.75) is 65.2 Å². The summed E-state index contributed by atoms with van der Waals surface area (Å²) in [7, 11) is 1.67. The Morgan fingerprint density at radius 3 is 2.16 bits per heavy atom. The second-order valence-corrected chi connectivity index (χ2v) is 13.0. The molecule has 4 aromatic carbocycles. The first kappa shape index (κ1) is 32.2. The van der Waals surface area contributed by atoms with E-state index in [-0.39, 0.29) is 0 Å². The number of nitrogens with zero attached hydrogens (tertiary/aromatic N) is 4. The van der Waals surface area contributed by atoms with Gasteiger partial charge in [-0.3, -0.25) is 4.57 Å².